The van der Waals surface area contributed by atoms with E-state index in [4.69, 9.17) is 9.47 Å². The third-order valence-corrected chi connectivity index (χ3v) is 5.14. The van der Waals surface area contributed by atoms with Crippen molar-refractivity contribution in [2.45, 2.75) is 19.3 Å². The Balaban J connectivity index is 1.62. The summed E-state index contributed by atoms with van der Waals surface area (Å²) >= 11 is 0. The number of rotatable bonds is 6. The SMILES string of the molecule is COc1ccc(N2CC(C(=O)NCC3CCCNC3)CC2=O)c(OC)c1. The topological polar surface area (TPSA) is 79.9 Å². The van der Waals surface area contributed by atoms with Crippen LogP contribution in [-0.4, -0.2) is 52.2 Å². The van der Waals surface area contributed by atoms with Crippen LogP contribution in [-0.2, 0) is 9.59 Å². The van der Waals surface area contributed by atoms with Gasteiger partial charge in [0.1, 0.15) is 11.5 Å². The summed E-state index contributed by atoms with van der Waals surface area (Å²) in [7, 11) is 3.14. The van der Waals surface area contributed by atoms with Gasteiger partial charge in [-0.25, -0.2) is 0 Å². The number of amides is 2. The van der Waals surface area contributed by atoms with Crippen molar-refractivity contribution >= 4 is 17.5 Å². The third-order valence-electron chi connectivity index (χ3n) is 5.14. The van der Waals surface area contributed by atoms with Gasteiger partial charge in [0.2, 0.25) is 11.8 Å². The number of hydrogen-bond donors (Lipinski definition) is 2. The largest absolute Gasteiger partial charge is 0.497 e. The number of anilines is 1. The van der Waals surface area contributed by atoms with Crippen LogP contribution in [0.2, 0.25) is 0 Å². The minimum Gasteiger partial charge on any atom is -0.497 e. The van der Waals surface area contributed by atoms with Crippen molar-refractivity contribution in [2.24, 2.45) is 11.8 Å². The average molecular weight is 361 g/mol. The quantitative estimate of drug-likeness (QED) is 0.795. The Morgan fingerprint density at radius 1 is 1.35 bits per heavy atom. The number of methoxy groups -OCH3 is 2. The standard InChI is InChI=1S/C19H27N3O4/c1-25-15-5-6-16(17(9-15)26-2)22-12-14(8-18(22)23)19(24)21-11-13-4-3-7-20-10-13/h5-6,9,13-14,20H,3-4,7-8,10-12H2,1-2H3,(H,21,24). The minimum absolute atomic E-state index is 0.0427. The second-order valence-electron chi connectivity index (χ2n) is 6.90. The van der Waals surface area contributed by atoms with E-state index >= 15 is 0 Å². The molecule has 2 amide bonds. The number of carbonyl (C=O) groups excluding carboxylic acids is 2. The second kappa shape index (κ2) is 8.40. The number of nitrogens with one attached hydrogen (secondary N) is 2. The van der Waals surface area contributed by atoms with Crippen LogP contribution < -0.4 is 25.0 Å². The Morgan fingerprint density at radius 3 is 2.88 bits per heavy atom. The van der Waals surface area contributed by atoms with Crippen LogP contribution >= 0.6 is 0 Å². The lowest BCUT2D eigenvalue weighted by Crippen LogP contribution is -2.40. The summed E-state index contributed by atoms with van der Waals surface area (Å²) < 4.78 is 10.6. The van der Waals surface area contributed by atoms with Gasteiger partial charge < -0.3 is 25.0 Å². The number of nitrogens with zero attached hydrogens (tertiary/aromatic N) is 1. The Labute approximate surface area is 154 Å². The lowest BCUT2D eigenvalue weighted by Gasteiger charge is -2.23. The molecule has 0 radical (unpaired) electrons. The van der Waals surface area contributed by atoms with Gasteiger partial charge in [-0.1, -0.05) is 0 Å². The molecule has 2 saturated heterocycles. The van der Waals surface area contributed by atoms with Crippen molar-refractivity contribution in [1.29, 1.82) is 0 Å². The molecule has 2 unspecified atom stereocenters. The van der Waals surface area contributed by atoms with Crippen LogP contribution in [0.4, 0.5) is 5.69 Å². The van der Waals surface area contributed by atoms with E-state index in [1.54, 1.807) is 37.3 Å². The first-order valence-corrected chi connectivity index (χ1v) is 9.13. The smallest absolute Gasteiger partial charge is 0.227 e. The van der Waals surface area contributed by atoms with Gasteiger partial charge in [0.05, 0.1) is 25.8 Å². The van der Waals surface area contributed by atoms with Crippen molar-refractivity contribution < 1.29 is 19.1 Å². The van der Waals surface area contributed by atoms with Crippen molar-refractivity contribution in [3.63, 3.8) is 0 Å². The molecule has 26 heavy (non-hydrogen) atoms. The normalized spacial score (nSPS) is 23.0. The summed E-state index contributed by atoms with van der Waals surface area (Å²) in [5.74, 6) is 1.26. The lowest BCUT2D eigenvalue weighted by atomic mass is 9.99. The van der Waals surface area contributed by atoms with Gasteiger partial charge in [-0.05, 0) is 44.0 Å². The Hall–Kier alpha value is -2.28. The number of ether oxygens (including phenoxy) is 2. The molecule has 2 fully saturated rings. The zero-order chi connectivity index (χ0) is 18.5. The van der Waals surface area contributed by atoms with Crippen molar-refractivity contribution in [2.75, 3.05) is 45.3 Å². The van der Waals surface area contributed by atoms with Gasteiger partial charge in [0.15, 0.2) is 0 Å². The molecule has 2 heterocycles. The van der Waals surface area contributed by atoms with Crippen LogP contribution in [0, 0.1) is 11.8 Å². The second-order valence-corrected chi connectivity index (χ2v) is 6.90. The van der Waals surface area contributed by atoms with E-state index in [1.165, 1.54) is 0 Å². The van der Waals surface area contributed by atoms with Gasteiger partial charge in [0, 0.05) is 25.6 Å². The van der Waals surface area contributed by atoms with E-state index in [0.717, 1.165) is 25.9 Å². The summed E-state index contributed by atoms with van der Waals surface area (Å²) in [6, 6.07) is 5.32. The molecular weight excluding hydrogens is 334 g/mol. The first-order valence-electron chi connectivity index (χ1n) is 9.13. The van der Waals surface area contributed by atoms with Crippen molar-refractivity contribution in [3.8, 4) is 11.5 Å². The Bertz CT molecular complexity index is 658. The first-order chi connectivity index (χ1) is 12.6. The average Bonchev–Trinajstić information content (AvgIpc) is 3.08. The molecule has 142 valence electrons. The number of carbonyl (C=O) groups is 2. The van der Waals surface area contributed by atoms with Gasteiger partial charge in [-0.3, -0.25) is 9.59 Å². The van der Waals surface area contributed by atoms with Crippen molar-refractivity contribution in [1.82, 2.24) is 10.6 Å². The fraction of sp³-hybridized carbons (Fsp3) is 0.579. The zero-order valence-electron chi connectivity index (χ0n) is 15.4. The summed E-state index contributed by atoms with van der Waals surface area (Å²) in [5, 5.41) is 6.37. The zero-order valence-corrected chi connectivity index (χ0v) is 15.4. The van der Waals surface area contributed by atoms with E-state index < -0.39 is 0 Å². The molecular formula is C19H27N3O4. The van der Waals surface area contributed by atoms with E-state index in [2.05, 4.69) is 10.6 Å². The molecule has 1 aromatic rings. The molecule has 7 heteroatoms. The molecule has 3 rings (SSSR count). The number of hydrogen-bond acceptors (Lipinski definition) is 5. The van der Waals surface area contributed by atoms with Gasteiger partial charge >= 0.3 is 0 Å². The van der Waals surface area contributed by atoms with Crippen molar-refractivity contribution in [3.05, 3.63) is 18.2 Å². The Kier molecular flexibility index (Phi) is 5.98. The highest BCUT2D eigenvalue weighted by Gasteiger charge is 2.36. The molecule has 0 aliphatic carbocycles. The molecule has 0 saturated carbocycles. The monoisotopic (exact) mass is 361 g/mol. The van der Waals surface area contributed by atoms with E-state index in [9.17, 15) is 9.59 Å². The summed E-state index contributed by atoms with van der Waals surface area (Å²) in [6.45, 7) is 3.04. The molecule has 0 aromatic heterocycles. The maximum absolute atomic E-state index is 12.5. The predicted octanol–water partition coefficient (Wildman–Crippen LogP) is 1.17. The number of benzene rings is 1. The summed E-state index contributed by atoms with van der Waals surface area (Å²) in [6.07, 6.45) is 2.50. The fourth-order valence-electron chi connectivity index (χ4n) is 3.61. The van der Waals surface area contributed by atoms with Crippen LogP contribution in [0.25, 0.3) is 0 Å². The summed E-state index contributed by atoms with van der Waals surface area (Å²) in [4.78, 5) is 26.6. The first kappa shape index (κ1) is 18.5. The third kappa shape index (κ3) is 4.09. The molecule has 2 aliphatic rings. The molecule has 0 spiro atoms. The highest BCUT2D eigenvalue weighted by molar-refractivity contribution is 6.01. The maximum Gasteiger partial charge on any atom is 0.227 e. The molecule has 2 atom stereocenters. The van der Waals surface area contributed by atoms with Crippen LogP contribution in [0.5, 0.6) is 11.5 Å². The molecule has 2 N–H and O–H groups in total. The van der Waals surface area contributed by atoms with Gasteiger partial charge in [-0.15, -0.1) is 0 Å². The Morgan fingerprint density at radius 2 is 2.19 bits per heavy atom. The highest BCUT2D eigenvalue weighted by atomic mass is 16.5. The number of piperidine rings is 1. The van der Waals surface area contributed by atoms with Crippen LogP contribution in [0.1, 0.15) is 19.3 Å². The molecule has 0 bridgehead atoms. The maximum atomic E-state index is 12.5. The fourth-order valence-corrected chi connectivity index (χ4v) is 3.61. The summed E-state index contributed by atoms with van der Waals surface area (Å²) in [5.41, 5.74) is 0.671. The minimum atomic E-state index is -0.328. The van der Waals surface area contributed by atoms with E-state index in [1.807, 2.05) is 0 Å². The van der Waals surface area contributed by atoms with Gasteiger partial charge in [0.25, 0.3) is 0 Å². The molecule has 1 aromatic carbocycles. The highest BCUT2D eigenvalue weighted by Crippen LogP contribution is 2.35. The van der Waals surface area contributed by atoms with E-state index in [0.29, 0.717) is 36.2 Å². The predicted molar refractivity (Wildman–Crippen MR) is 98.6 cm³/mol. The van der Waals surface area contributed by atoms with Crippen LogP contribution in [0.15, 0.2) is 18.2 Å². The molecule has 7 nitrogen and oxygen atoms in total. The lowest BCUT2D eigenvalue weighted by molar-refractivity contribution is -0.126. The van der Waals surface area contributed by atoms with Crippen LogP contribution in [0.3, 0.4) is 0 Å². The van der Waals surface area contributed by atoms with E-state index in [-0.39, 0.29) is 24.2 Å². The molecule has 2 aliphatic heterocycles. The van der Waals surface area contributed by atoms with Gasteiger partial charge in [-0.2, -0.15) is 0 Å².